The number of morpholine rings is 1. The van der Waals surface area contributed by atoms with Crippen LogP contribution in [0.1, 0.15) is 30.9 Å². The Bertz CT molecular complexity index is 729. The smallest absolute Gasteiger partial charge is 0.123 e. The number of halogens is 2. The molecule has 2 aromatic carbocycles. The Morgan fingerprint density at radius 2 is 1.67 bits per heavy atom. The molecule has 0 saturated carbocycles. The SMILES string of the molecule is CC(C)[C@](O)(c1ccc(F)cc1)[C@@H](CN1CCOCC1)c1ccc(Cl)cc1. The molecule has 1 heterocycles. The molecule has 5 heteroatoms. The van der Waals surface area contributed by atoms with Crippen LogP contribution in [0.3, 0.4) is 0 Å². The molecular formula is C22H27ClFNO2. The van der Waals surface area contributed by atoms with E-state index in [1.807, 2.05) is 38.1 Å². The molecule has 0 aromatic heterocycles. The van der Waals surface area contributed by atoms with E-state index in [0.29, 0.717) is 24.8 Å². The number of aliphatic hydroxyl groups is 1. The van der Waals surface area contributed by atoms with Crippen LogP contribution < -0.4 is 0 Å². The van der Waals surface area contributed by atoms with E-state index in [-0.39, 0.29) is 17.7 Å². The Kier molecular flexibility index (Phi) is 6.53. The van der Waals surface area contributed by atoms with Gasteiger partial charge in [0.05, 0.1) is 18.8 Å². The molecule has 0 unspecified atom stereocenters. The molecule has 1 aliphatic heterocycles. The number of benzene rings is 2. The number of nitrogens with zero attached hydrogens (tertiary/aromatic N) is 1. The van der Waals surface area contributed by atoms with Crippen LogP contribution in [0.25, 0.3) is 0 Å². The zero-order valence-corrected chi connectivity index (χ0v) is 16.6. The molecule has 146 valence electrons. The molecule has 2 atom stereocenters. The van der Waals surface area contributed by atoms with Crippen molar-refractivity contribution in [3.8, 4) is 0 Å². The predicted octanol–water partition coefficient (Wildman–Crippen LogP) is 4.44. The molecule has 1 aliphatic rings. The number of hydrogen-bond donors (Lipinski definition) is 1. The van der Waals surface area contributed by atoms with Gasteiger partial charge in [0.1, 0.15) is 5.82 Å². The summed E-state index contributed by atoms with van der Waals surface area (Å²) in [6.45, 7) is 7.77. The maximum atomic E-state index is 13.5. The van der Waals surface area contributed by atoms with Crippen molar-refractivity contribution in [2.24, 2.45) is 5.92 Å². The van der Waals surface area contributed by atoms with Crippen molar-refractivity contribution in [1.82, 2.24) is 4.90 Å². The van der Waals surface area contributed by atoms with Crippen LogP contribution in [0.4, 0.5) is 4.39 Å². The Balaban J connectivity index is 2.03. The van der Waals surface area contributed by atoms with Crippen LogP contribution in [0.15, 0.2) is 48.5 Å². The molecule has 27 heavy (non-hydrogen) atoms. The minimum Gasteiger partial charge on any atom is -0.384 e. The summed E-state index contributed by atoms with van der Waals surface area (Å²) < 4.78 is 19.0. The molecule has 0 spiro atoms. The fraction of sp³-hybridized carbons (Fsp3) is 0.455. The fourth-order valence-electron chi connectivity index (χ4n) is 3.89. The van der Waals surface area contributed by atoms with Crippen molar-refractivity contribution in [2.45, 2.75) is 25.4 Å². The van der Waals surface area contributed by atoms with Gasteiger partial charge in [-0.05, 0) is 41.3 Å². The molecule has 3 rings (SSSR count). The van der Waals surface area contributed by atoms with Gasteiger partial charge in [-0.3, -0.25) is 4.90 Å². The van der Waals surface area contributed by atoms with E-state index >= 15 is 0 Å². The highest BCUT2D eigenvalue weighted by atomic mass is 35.5. The zero-order chi connectivity index (χ0) is 19.4. The summed E-state index contributed by atoms with van der Waals surface area (Å²) in [5.74, 6) is -0.552. The molecule has 0 aliphatic carbocycles. The van der Waals surface area contributed by atoms with Crippen molar-refractivity contribution < 1.29 is 14.2 Å². The van der Waals surface area contributed by atoms with Crippen molar-refractivity contribution in [1.29, 1.82) is 0 Å². The highest BCUT2D eigenvalue weighted by Crippen LogP contribution is 2.43. The summed E-state index contributed by atoms with van der Waals surface area (Å²) in [5.41, 5.74) is 0.610. The maximum Gasteiger partial charge on any atom is 0.123 e. The molecule has 0 radical (unpaired) electrons. The van der Waals surface area contributed by atoms with Gasteiger partial charge >= 0.3 is 0 Å². The third kappa shape index (κ3) is 4.52. The van der Waals surface area contributed by atoms with E-state index in [1.54, 1.807) is 12.1 Å². The van der Waals surface area contributed by atoms with Gasteiger partial charge in [0.15, 0.2) is 0 Å². The van der Waals surface area contributed by atoms with Gasteiger partial charge in [0.25, 0.3) is 0 Å². The summed E-state index contributed by atoms with van der Waals surface area (Å²) >= 11 is 6.09. The van der Waals surface area contributed by atoms with Gasteiger partial charge in [-0.1, -0.05) is 49.7 Å². The molecular weight excluding hydrogens is 365 g/mol. The first-order valence-electron chi connectivity index (χ1n) is 9.45. The molecule has 1 N–H and O–H groups in total. The zero-order valence-electron chi connectivity index (χ0n) is 15.9. The lowest BCUT2D eigenvalue weighted by molar-refractivity contribution is -0.0548. The number of rotatable bonds is 6. The van der Waals surface area contributed by atoms with E-state index in [9.17, 15) is 9.50 Å². The highest BCUT2D eigenvalue weighted by molar-refractivity contribution is 6.30. The van der Waals surface area contributed by atoms with Gasteiger partial charge in [0, 0.05) is 30.6 Å². The normalized spacial score (nSPS) is 19.0. The fourth-order valence-corrected chi connectivity index (χ4v) is 4.02. The third-order valence-electron chi connectivity index (χ3n) is 5.53. The Morgan fingerprint density at radius 3 is 2.22 bits per heavy atom. The van der Waals surface area contributed by atoms with Crippen molar-refractivity contribution >= 4 is 11.6 Å². The van der Waals surface area contributed by atoms with Gasteiger partial charge in [0.2, 0.25) is 0 Å². The lowest BCUT2D eigenvalue weighted by Gasteiger charge is -2.43. The van der Waals surface area contributed by atoms with Crippen LogP contribution in [-0.4, -0.2) is 42.9 Å². The molecule has 3 nitrogen and oxygen atoms in total. The van der Waals surface area contributed by atoms with E-state index in [2.05, 4.69) is 4.90 Å². The van der Waals surface area contributed by atoms with Gasteiger partial charge in [-0.15, -0.1) is 0 Å². The van der Waals surface area contributed by atoms with Crippen molar-refractivity contribution in [2.75, 3.05) is 32.8 Å². The third-order valence-corrected chi connectivity index (χ3v) is 5.79. The Labute approximate surface area is 165 Å². The number of hydrogen-bond acceptors (Lipinski definition) is 3. The second-order valence-corrected chi connectivity index (χ2v) is 7.94. The average Bonchev–Trinajstić information content (AvgIpc) is 2.67. The summed E-state index contributed by atoms with van der Waals surface area (Å²) in [7, 11) is 0. The molecule has 0 bridgehead atoms. The van der Waals surface area contributed by atoms with E-state index in [4.69, 9.17) is 16.3 Å². The molecule has 1 saturated heterocycles. The van der Waals surface area contributed by atoms with E-state index < -0.39 is 5.60 Å². The van der Waals surface area contributed by atoms with Crippen molar-refractivity contribution in [3.63, 3.8) is 0 Å². The Hall–Kier alpha value is -1.46. The average molecular weight is 392 g/mol. The van der Waals surface area contributed by atoms with Gasteiger partial charge in [-0.25, -0.2) is 4.39 Å². The van der Waals surface area contributed by atoms with Crippen LogP contribution in [0.2, 0.25) is 5.02 Å². The second-order valence-electron chi connectivity index (χ2n) is 7.50. The van der Waals surface area contributed by atoms with Gasteiger partial charge in [-0.2, -0.15) is 0 Å². The van der Waals surface area contributed by atoms with E-state index in [0.717, 1.165) is 24.2 Å². The summed E-state index contributed by atoms with van der Waals surface area (Å²) in [4.78, 5) is 2.32. The molecule has 1 fully saturated rings. The summed E-state index contributed by atoms with van der Waals surface area (Å²) in [6.07, 6.45) is 0. The number of ether oxygens (including phenoxy) is 1. The summed E-state index contributed by atoms with van der Waals surface area (Å²) in [5, 5.41) is 12.6. The topological polar surface area (TPSA) is 32.7 Å². The standard InChI is InChI=1S/C22H27ClFNO2/c1-16(2)22(26,18-5-9-20(24)10-6-18)21(15-25-11-13-27-14-12-25)17-3-7-19(23)8-4-17/h3-10,16,21,26H,11-15H2,1-2H3/t21-,22-/m0/s1. The van der Waals surface area contributed by atoms with Crippen molar-refractivity contribution in [3.05, 3.63) is 70.5 Å². The van der Waals surface area contributed by atoms with Crippen LogP contribution in [0.5, 0.6) is 0 Å². The minimum absolute atomic E-state index is 0.0651. The van der Waals surface area contributed by atoms with Gasteiger partial charge < -0.3 is 9.84 Å². The van der Waals surface area contributed by atoms with Crippen LogP contribution in [0, 0.1) is 11.7 Å². The highest BCUT2D eigenvalue weighted by Gasteiger charge is 2.43. The lowest BCUT2D eigenvalue weighted by atomic mass is 9.70. The molecule has 0 amide bonds. The van der Waals surface area contributed by atoms with Crippen LogP contribution in [-0.2, 0) is 10.3 Å². The first-order valence-corrected chi connectivity index (χ1v) is 9.83. The quantitative estimate of drug-likeness (QED) is 0.790. The first-order chi connectivity index (χ1) is 12.9. The predicted molar refractivity (Wildman–Crippen MR) is 107 cm³/mol. The second kappa shape index (κ2) is 8.70. The molecule has 2 aromatic rings. The lowest BCUT2D eigenvalue weighted by Crippen LogP contribution is -2.47. The largest absolute Gasteiger partial charge is 0.384 e. The minimum atomic E-state index is -1.14. The van der Waals surface area contributed by atoms with E-state index in [1.165, 1.54) is 12.1 Å². The monoisotopic (exact) mass is 391 g/mol. The van der Waals surface area contributed by atoms with Crippen LogP contribution >= 0.6 is 11.6 Å². The Morgan fingerprint density at radius 1 is 1.07 bits per heavy atom. The first kappa shape index (κ1) is 20.3. The maximum absolute atomic E-state index is 13.5. The summed E-state index contributed by atoms with van der Waals surface area (Å²) in [6, 6.07) is 13.9.